The summed E-state index contributed by atoms with van der Waals surface area (Å²) >= 11 is 10.8. The first-order chi connectivity index (χ1) is 5.09. The molecule has 0 atom stereocenters. The van der Waals surface area contributed by atoms with Crippen LogP contribution in [0.4, 0.5) is 0 Å². The molecule has 0 aliphatic heterocycles. The average molecular weight is 214 g/mol. The third-order valence-corrected chi connectivity index (χ3v) is 1.39. The van der Waals surface area contributed by atoms with Gasteiger partial charge >= 0.3 is 29.6 Å². The molecule has 0 saturated heterocycles. The molecule has 0 fully saturated rings. The maximum Gasteiger partial charge on any atom is 1.00 e. The molecule has 0 unspecified atom stereocenters. The quantitative estimate of drug-likeness (QED) is 0.392. The Balaban J connectivity index is 0.00000121. The van der Waals surface area contributed by atoms with E-state index >= 15 is 0 Å². The maximum atomic E-state index is 10.2. The van der Waals surface area contributed by atoms with E-state index < -0.39 is 5.97 Å². The third-order valence-electron chi connectivity index (χ3n) is 0.999. The zero-order valence-electron chi connectivity index (χ0n) is 6.17. The molecule has 1 aromatic heterocycles. The molecule has 58 valence electrons. The molecule has 0 radical (unpaired) electrons. The van der Waals surface area contributed by atoms with E-state index in [-0.39, 0.29) is 45.4 Å². The van der Waals surface area contributed by atoms with Crippen LogP contribution in [0.25, 0.3) is 0 Å². The summed E-state index contributed by atoms with van der Waals surface area (Å²) in [4.78, 5) is 13.8. The topological polar surface area (TPSA) is 53.0 Å². The van der Waals surface area contributed by atoms with Gasteiger partial charge in [0.2, 0.25) is 0 Å². The number of aromatic carboxylic acids is 1. The van der Waals surface area contributed by atoms with Crippen molar-refractivity contribution in [2.75, 3.05) is 0 Å². The average Bonchev–Trinajstić information content (AvgIpc) is 1.85. The molecule has 0 bridgehead atoms. The molecule has 0 aromatic carbocycles. The molecular weight excluding hydrogens is 212 g/mol. The fraction of sp³-hybridized carbons (Fsp3) is 0. The van der Waals surface area contributed by atoms with Crippen molar-refractivity contribution in [1.29, 1.82) is 0 Å². The van der Waals surface area contributed by atoms with E-state index in [4.69, 9.17) is 23.2 Å². The SMILES string of the molecule is O=C([O-])c1cc(Cl)nc(Cl)c1.[Na+]. The minimum Gasteiger partial charge on any atom is -0.545 e. The van der Waals surface area contributed by atoms with E-state index in [1.807, 2.05) is 0 Å². The zero-order valence-corrected chi connectivity index (χ0v) is 9.69. The van der Waals surface area contributed by atoms with Crippen LogP contribution >= 0.6 is 23.2 Å². The summed E-state index contributed by atoms with van der Waals surface area (Å²) in [5.74, 6) is -1.32. The van der Waals surface area contributed by atoms with E-state index in [0.717, 1.165) is 0 Å². The van der Waals surface area contributed by atoms with Crippen molar-refractivity contribution in [3.05, 3.63) is 28.0 Å². The van der Waals surface area contributed by atoms with Gasteiger partial charge in [0, 0.05) is 5.56 Å². The molecule has 0 aliphatic rings. The van der Waals surface area contributed by atoms with Crippen LogP contribution in [0.2, 0.25) is 10.3 Å². The molecule has 1 rings (SSSR count). The predicted molar refractivity (Wildman–Crippen MR) is 38.6 cm³/mol. The van der Waals surface area contributed by atoms with Crippen LogP contribution in [-0.4, -0.2) is 11.0 Å². The first-order valence-electron chi connectivity index (χ1n) is 2.64. The van der Waals surface area contributed by atoms with Crippen LogP contribution in [0.15, 0.2) is 12.1 Å². The number of carboxylic acids is 1. The van der Waals surface area contributed by atoms with Gasteiger partial charge in [-0.1, -0.05) is 23.2 Å². The summed E-state index contributed by atoms with van der Waals surface area (Å²) in [6, 6.07) is 2.34. The summed E-state index contributed by atoms with van der Waals surface area (Å²) in [6.07, 6.45) is 0. The minimum atomic E-state index is -1.32. The Labute approximate surface area is 101 Å². The molecule has 0 amide bonds. The maximum absolute atomic E-state index is 10.2. The molecule has 12 heavy (non-hydrogen) atoms. The number of hydrogen-bond acceptors (Lipinski definition) is 3. The summed E-state index contributed by atoms with van der Waals surface area (Å²) in [5.41, 5.74) is -0.0741. The Morgan fingerprint density at radius 2 is 1.75 bits per heavy atom. The Morgan fingerprint density at radius 3 is 2.08 bits per heavy atom. The van der Waals surface area contributed by atoms with Crippen molar-refractivity contribution in [2.24, 2.45) is 0 Å². The molecule has 1 aromatic rings. The number of nitrogens with zero attached hydrogens (tertiary/aromatic N) is 1. The second-order valence-electron chi connectivity index (χ2n) is 1.79. The number of carbonyl (C=O) groups is 1. The van der Waals surface area contributed by atoms with Crippen LogP contribution in [-0.2, 0) is 0 Å². The number of carbonyl (C=O) groups excluding carboxylic acids is 1. The minimum absolute atomic E-state index is 0. The van der Waals surface area contributed by atoms with Gasteiger partial charge in [0.25, 0.3) is 0 Å². The zero-order chi connectivity index (χ0) is 8.43. The van der Waals surface area contributed by atoms with Crippen molar-refractivity contribution < 1.29 is 39.5 Å². The summed E-state index contributed by atoms with van der Waals surface area (Å²) in [6.45, 7) is 0. The van der Waals surface area contributed by atoms with Gasteiger partial charge < -0.3 is 9.90 Å². The standard InChI is InChI=1S/C6H3Cl2NO2.Na/c7-4-1-3(6(10)11)2-5(8)9-4;/h1-2H,(H,10,11);/q;+1/p-1. The van der Waals surface area contributed by atoms with Gasteiger partial charge in [0.1, 0.15) is 10.3 Å². The van der Waals surface area contributed by atoms with Gasteiger partial charge in [-0.15, -0.1) is 0 Å². The van der Waals surface area contributed by atoms with E-state index in [1.54, 1.807) is 0 Å². The number of aromatic nitrogens is 1. The Morgan fingerprint density at radius 1 is 1.33 bits per heavy atom. The van der Waals surface area contributed by atoms with Crippen LogP contribution in [0, 0.1) is 0 Å². The second kappa shape index (κ2) is 5.04. The number of rotatable bonds is 1. The normalized spacial score (nSPS) is 8.83. The van der Waals surface area contributed by atoms with E-state index in [2.05, 4.69) is 4.98 Å². The number of halogens is 2. The molecule has 0 N–H and O–H groups in total. The molecule has 0 aliphatic carbocycles. The van der Waals surface area contributed by atoms with Crippen molar-refractivity contribution >= 4 is 29.2 Å². The van der Waals surface area contributed by atoms with Gasteiger partial charge in [-0.25, -0.2) is 4.98 Å². The van der Waals surface area contributed by atoms with Crippen molar-refractivity contribution in [3.63, 3.8) is 0 Å². The summed E-state index contributed by atoms with van der Waals surface area (Å²) in [7, 11) is 0. The van der Waals surface area contributed by atoms with Crippen molar-refractivity contribution in [1.82, 2.24) is 4.98 Å². The first kappa shape index (κ1) is 12.2. The molecular formula is C6H2Cl2NNaO2. The molecule has 0 spiro atoms. The Kier molecular flexibility index (Phi) is 5.13. The van der Waals surface area contributed by atoms with E-state index in [1.165, 1.54) is 12.1 Å². The Hall–Kier alpha value is 0.200. The second-order valence-corrected chi connectivity index (χ2v) is 2.56. The Bertz CT molecular complexity index is 285. The number of hydrogen-bond donors (Lipinski definition) is 0. The molecule has 1 heterocycles. The van der Waals surface area contributed by atoms with Gasteiger partial charge in [-0.2, -0.15) is 0 Å². The van der Waals surface area contributed by atoms with Gasteiger partial charge in [-0.05, 0) is 12.1 Å². The summed E-state index contributed by atoms with van der Waals surface area (Å²) in [5, 5.41) is 10.3. The number of pyridine rings is 1. The third kappa shape index (κ3) is 3.29. The smallest absolute Gasteiger partial charge is 0.545 e. The first-order valence-corrected chi connectivity index (χ1v) is 3.39. The van der Waals surface area contributed by atoms with Crippen LogP contribution in [0.1, 0.15) is 10.4 Å². The molecule has 3 nitrogen and oxygen atoms in total. The molecule has 6 heteroatoms. The van der Waals surface area contributed by atoms with E-state index in [0.29, 0.717) is 0 Å². The molecule has 0 saturated carbocycles. The largest absolute Gasteiger partial charge is 1.00 e. The fourth-order valence-electron chi connectivity index (χ4n) is 0.583. The van der Waals surface area contributed by atoms with Gasteiger partial charge in [0.05, 0.1) is 5.97 Å². The van der Waals surface area contributed by atoms with Gasteiger partial charge in [0.15, 0.2) is 0 Å². The number of carboxylic acid groups (broad SMARTS) is 1. The van der Waals surface area contributed by atoms with Crippen LogP contribution < -0.4 is 34.7 Å². The van der Waals surface area contributed by atoms with Crippen molar-refractivity contribution in [2.45, 2.75) is 0 Å². The van der Waals surface area contributed by atoms with Gasteiger partial charge in [-0.3, -0.25) is 0 Å². The fourth-order valence-corrected chi connectivity index (χ4v) is 1.04. The van der Waals surface area contributed by atoms with Crippen molar-refractivity contribution in [3.8, 4) is 0 Å². The summed E-state index contributed by atoms with van der Waals surface area (Å²) < 4.78 is 0. The predicted octanol–water partition coefficient (Wildman–Crippen LogP) is -2.24. The van der Waals surface area contributed by atoms with Crippen LogP contribution in [0.5, 0.6) is 0 Å². The van der Waals surface area contributed by atoms with E-state index in [9.17, 15) is 9.90 Å². The monoisotopic (exact) mass is 213 g/mol. The van der Waals surface area contributed by atoms with Crippen LogP contribution in [0.3, 0.4) is 0 Å².